The molecule has 0 aromatic heterocycles. The van der Waals surface area contributed by atoms with Crippen molar-refractivity contribution in [2.45, 2.75) is 26.7 Å². The van der Waals surface area contributed by atoms with Crippen molar-refractivity contribution in [1.82, 2.24) is 0 Å². The van der Waals surface area contributed by atoms with E-state index in [9.17, 15) is 8.78 Å². The van der Waals surface area contributed by atoms with Crippen LogP contribution in [0.3, 0.4) is 0 Å². The van der Waals surface area contributed by atoms with Gasteiger partial charge in [-0.3, -0.25) is 6.08 Å². The number of rotatable bonds is 0. The largest absolute Gasteiger partial charge is 2.00 e. The second-order valence-corrected chi connectivity index (χ2v) is 5.26. The van der Waals surface area contributed by atoms with Crippen molar-refractivity contribution in [3.63, 3.8) is 0 Å². The summed E-state index contributed by atoms with van der Waals surface area (Å²) in [6.07, 6.45) is 12.6. The molecule has 2 aliphatic rings. The Morgan fingerprint density at radius 2 is 1.65 bits per heavy atom. The van der Waals surface area contributed by atoms with Gasteiger partial charge in [0.25, 0.3) is 0 Å². The van der Waals surface area contributed by atoms with Crippen molar-refractivity contribution in [3.05, 3.63) is 89.9 Å². The molecular weight excluding hydrogens is 452 g/mol. The maximum absolute atomic E-state index is 13.0. The zero-order chi connectivity index (χ0) is 16.7. The van der Waals surface area contributed by atoms with Crippen molar-refractivity contribution in [3.8, 4) is 11.1 Å². The van der Waals surface area contributed by atoms with E-state index >= 15 is 0 Å². The summed E-state index contributed by atoms with van der Waals surface area (Å²) >= 11 is 0. The fourth-order valence-corrected chi connectivity index (χ4v) is 2.40. The molecule has 5 heteroatoms. The number of fused-ring (bicyclic) bond motifs is 3. The van der Waals surface area contributed by atoms with Crippen LogP contribution < -0.4 is 24.8 Å². The SMILES string of the molecule is C[CH-]C.Fc1[c-]c2c(cc1)-c1ccc(F)cc1C2.[C-]1=CC=CC1.[Cl-].[Cl-].[Zr+2]. The van der Waals surface area contributed by atoms with Gasteiger partial charge in [-0.15, -0.1) is 29.7 Å². The number of halogens is 4. The Morgan fingerprint density at radius 1 is 1.00 bits per heavy atom. The Balaban J connectivity index is 0. The van der Waals surface area contributed by atoms with Gasteiger partial charge in [0.1, 0.15) is 5.82 Å². The van der Waals surface area contributed by atoms with Gasteiger partial charge in [-0.05, 0) is 24.1 Å². The first-order valence-electron chi connectivity index (χ1n) is 7.61. The maximum Gasteiger partial charge on any atom is 2.00 e. The Morgan fingerprint density at radius 3 is 2.19 bits per heavy atom. The van der Waals surface area contributed by atoms with Crippen LogP contribution in [0, 0.1) is 30.2 Å². The minimum atomic E-state index is -0.359. The first-order valence-corrected chi connectivity index (χ1v) is 7.61. The number of allylic oxidation sites excluding steroid dienone is 4. The average molecular weight is 472 g/mol. The quantitative estimate of drug-likeness (QED) is 0.401. The molecule has 0 aliphatic heterocycles. The molecule has 4 rings (SSSR count). The number of hydrogen-bond acceptors (Lipinski definition) is 0. The van der Waals surface area contributed by atoms with E-state index in [0.29, 0.717) is 6.42 Å². The van der Waals surface area contributed by atoms with Gasteiger partial charge in [-0.25, -0.2) is 20.9 Å². The van der Waals surface area contributed by atoms with E-state index in [-0.39, 0.29) is 62.7 Å². The summed E-state index contributed by atoms with van der Waals surface area (Å²) in [6.45, 7) is 4.00. The average Bonchev–Trinajstić information content (AvgIpc) is 3.17. The van der Waals surface area contributed by atoms with Crippen LogP contribution >= 0.6 is 0 Å². The first kappa shape index (κ1) is 27.5. The molecule has 0 fully saturated rings. The molecule has 0 bridgehead atoms. The van der Waals surface area contributed by atoms with Crippen LogP contribution in [0.5, 0.6) is 0 Å². The van der Waals surface area contributed by atoms with Crippen LogP contribution in [0.1, 0.15) is 31.4 Å². The molecule has 2 aromatic carbocycles. The van der Waals surface area contributed by atoms with Gasteiger partial charge < -0.3 is 31.2 Å². The molecule has 0 radical (unpaired) electrons. The third kappa shape index (κ3) is 7.86. The second kappa shape index (κ2) is 14.3. The van der Waals surface area contributed by atoms with Crippen molar-refractivity contribution >= 4 is 0 Å². The fourth-order valence-electron chi connectivity index (χ4n) is 2.40. The molecule has 0 spiro atoms. The van der Waals surface area contributed by atoms with E-state index in [1.807, 2.05) is 32.4 Å². The maximum atomic E-state index is 13.0. The minimum absolute atomic E-state index is 0. The zero-order valence-electron chi connectivity index (χ0n) is 14.6. The van der Waals surface area contributed by atoms with Gasteiger partial charge in [0.15, 0.2) is 0 Å². The van der Waals surface area contributed by atoms with Crippen LogP contribution in [0.25, 0.3) is 11.1 Å². The van der Waals surface area contributed by atoms with Gasteiger partial charge >= 0.3 is 26.2 Å². The van der Waals surface area contributed by atoms with Gasteiger partial charge in [0, 0.05) is 5.82 Å². The van der Waals surface area contributed by atoms with Crippen LogP contribution in [-0.2, 0) is 32.6 Å². The Kier molecular flexibility index (Phi) is 15.1. The molecule has 26 heavy (non-hydrogen) atoms. The predicted octanol–water partition coefficient (Wildman–Crippen LogP) is -0.122. The minimum Gasteiger partial charge on any atom is -1.00 e. The normalized spacial score (nSPS) is 11.2. The number of benzene rings is 2. The van der Waals surface area contributed by atoms with Crippen LogP contribution in [0.4, 0.5) is 8.78 Å². The second-order valence-electron chi connectivity index (χ2n) is 5.26. The van der Waals surface area contributed by atoms with Crippen molar-refractivity contribution < 1.29 is 59.8 Å². The molecule has 138 valence electrons. The smallest absolute Gasteiger partial charge is 1.00 e. The molecule has 0 saturated carbocycles. The van der Waals surface area contributed by atoms with Crippen LogP contribution in [0.15, 0.2) is 48.6 Å². The van der Waals surface area contributed by atoms with Crippen molar-refractivity contribution in [2.75, 3.05) is 0 Å². The van der Waals surface area contributed by atoms with E-state index in [0.717, 1.165) is 28.7 Å². The van der Waals surface area contributed by atoms with Crippen molar-refractivity contribution in [2.24, 2.45) is 0 Å². The molecule has 2 aliphatic carbocycles. The zero-order valence-corrected chi connectivity index (χ0v) is 18.6. The molecular formula is C21H19Cl2F2Zr-3. The molecule has 0 nitrogen and oxygen atoms in total. The number of hydrogen-bond donors (Lipinski definition) is 0. The van der Waals surface area contributed by atoms with Crippen molar-refractivity contribution in [1.29, 1.82) is 0 Å². The molecule has 0 unspecified atom stereocenters. The molecule has 0 N–H and O–H groups in total. The summed E-state index contributed by atoms with van der Waals surface area (Å²) in [5.41, 5.74) is 3.68. The Labute approximate surface area is 186 Å². The topological polar surface area (TPSA) is 0 Å². The van der Waals surface area contributed by atoms with Gasteiger partial charge in [0.2, 0.25) is 0 Å². The standard InChI is InChI=1S/C13H7F2.C5H5.C3H7.2ClH.Zr/c14-10-1-3-12-8(6-10)5-9-7-11(15)2-4-13(9)12;1-2-4-5-3-1;1-3-2;;;/h1-4,6H,5H2;1-3H,4H2;3H,1-2H3;2*1H;/q3*-1;;;+2/p-2. The van der Waals surface area contributed by atoms with E-state index in [1.165, 1.54) is 18.2 Å². The summed E-state index contributed by atoms with van der Waals surface area (Å²) in [6, 6.07) is 10.4. The molecule has 0 amide bonds. The Hall–Kier alpha value is -0.757. The molecule has 0 atom stereocenters. The third-order valence-electron chi connectivity index (χ3n) is 3.30. The van der Waals surface area contributed by atoms with E-state index in [4.69, 9.17) is 0 Å². The fraction of sp³-hybridized carbons (Fsp3) is 0.190. The van der Waals surface area contributed by atoms with Gasteiger partial charge in [-0.1, -0.05) is 11.6 Å². The molecule has 0 heterocycles. The monoisotopic (exact) mass is 469 g/mol. The summed E-state index contributed by atoms with van der Waals surface area (Å²) in [5, 5.41) is 0. The van der Waals surface area contributed by atoms with E-state index < -0.39 is 0 Å². The summed E-state index contributed by atoms with van der Waals surface area (Å²) in [5.74, 6) is -0.607. The predicted molar refractivity (Wildman–Crippen MR) is 90.7 cm³/mol. The van der Waals surface area contributed by atoms with Crippen LogP contribution in [-0.4, -0.2) is 0 Å². The summed E-state index contributed by atoms with van der Waals surface area (Å²) < 4.78 is 25.9. The van der Waals surface area contributed by atoms with E-state index in [2.05, 4.69) is 18.2 Å². The molecule has 2 aromatic rings. The van der Waals surface area contributed by atoms with Crippen LogP contribution in [0.2, 0.25) is 0 Å². The summed E-state index contributed by atoms with van der Waals surface area (Å²) in [4.78, 5) is 0. The van der Waals surface area contributed by atoms with Gasteiger partial charge in [-0.2, -0.15) is 26.0 Å². The molecule has 0 saturated heterocycles. The van der Waals surface area contributed by atoms with Gasteiger partial charge in [0.05, 0.1) is 0 Å². The Bertz CT molecular complexity index is 668. The van der Waals surface area contributed by atoms with E-state index in [1.54, 1.807) is 12.1 Å². The summed E-state index contributed by atoms with van der Waals surface area (Å²) in [7, 11) is 0. The third-order valence-corrected chi connectivity index (χ3v) is 3.30. The first-order chi connectivity index (χ1) is 11.2.